The summed E-state index contributed by atoms with van der Waals surface area (Å²) in [6.07, 6.45) is 4.28. The molecule has 5 nitrogen and oxygen atoms in total. The summed E-state index contributed by atoms with van der Waals surface area (Å²) in [5.41, 5.74) is 0. The van der Waals surface area contributed by atoms with E-state index in [1.54, 1.807) is 7.85 Å². The van der Waals surface area contributed by atoms with Gasteiger partial charge >= 0.3 is 0 Å². The number of imide groups is 1. The molecule has 0 bridgehead atoms. The van der Waals surface area contributed by atoms with Crippen LogP contribution < -0.4 is 5.32 Å². The zero-order valence-electron chi connectivity index (χ0n) is 11.9. The number of unbranched alkanes of at least 4 members (excludes halogenated alkanes) is 2. The summed E-state index contributed by atoms with van der Waals surface area (Å²) in [5, 5.41) is 2.83. The number of amides is 3. The van der Waals surface area contributed by atoms with E-state index in [1.807, 2.05) is 6.92 Å². The van der Waals surface area contributed by atoms with Crippen molar-refractivity contribution >= 4 is 25.6 Å². The van der Waals surface area contributed by atoms with Gasteiger partial charge in [0, 0.05) is 31.7 Å². The minimum Gasteiger partial charge on any atom is -0.356 e. The van der Waals surface area contributed by atoms with Crippen LogP contribution >= 0.6 is 0 Å². The molecule has 0 aromatic rings. The first-order chi connectivity index (χ1) is 9.06. The van der Waals surface area contributed by atoms with Gasteiger partial charge in [0.2, 0.25) is 17.7 Å². The molecule has 0 aromatic carbocycles. The second kappa shape index (κ2) is 7.97. The highest BCUT2D eigenvalue weighted by atomic mass is 16.2. The molecule has 0 aliphatic carbocycles. The number of likely N-dealkylation sites (tertiary alicyclic amines) is 1. The van der Waals surface area contributed by atoms with E-state index in [0.29, 0.717) is 19.4 Å². The van der Waals surface area contributed by atoms with E-state index < -0.39 is 0 Å². The minimum atomic E-state index is -0.160. The summed E-state index contributed by atoms with van der Waals surface area (Å²) >= 11 is 0. The number of hydrogen-bond acceptors (Lipinski definition) is 3. The predicted octanol–water partition coefficient (Wildman–Crippen LogP) is 0.254. The molecule has 0 spiro atoms. The maximum Gasteiger partial charge on any atom is 0.229 e. The van der Waals surface area contributed by atoms with Crippen molar-refractivity contribution in [2.45, 2.75) is 51.3 Å². The SMILES string of the molecule is BC1CC(=O)N(CCCCCC(=O)NCCC)C1=O. The van der Waals surface area contributed by atoms with Crippen molar-refractivity contribution in [3.63, 3.8) is 0 Å². The molecule has 1 rings (SSSR count). The first-order valence-electron chi connectivity index (χ1n) is 7.17. The molecule has 106 valence electrons. The smallest absolute Gasteiger partial charge is 0.229 e. The maximum absolute atomic E-state index is 11.6. The summed E-state index contributed by atoms with van der Waals surface area (Å²) in [4.78, 5) is 35.9. The molecule has 1 fully saturated rings. The molecule has 1 atom stereocenters. The average molecular weight is 266 g/mol. The molecule has 19 heavy (non-hydrogen) atoms. The Balaban J connectivity index is 2.09. The summed E-state index contributed by atoms with van der Waals surface area (Å²) in [7, 11) is 1.79. The van der Waals surface area contributed by atoms with Crippen LogP contribution in [-0.2, 0) is 14.4 Å². The quantitative estimate of drug-likeness (QED) is 0.389. The number of rotatable bonds is 8. The predicted molar refractivity (Wildman–Crippen MR) is 75.4 cm³/mol. The third-order valence-corrected chi connectivity index (χ3v) is 3.33. The number of hydrogen-bond donors (Lipinski definition) is 1. The Morgan fingerprint density at radius 1 is 1.37 bits per heavy atom. The highest BCUT2D eigenvalue weighted by Gasteiger charge is 2.34. The standard InChI is InChI=1S/C13H23BN2O3/c1-2-7-15-11(17)6-4-3-5-8-16-12(18)9-10(14)13(16)19/h10H,2-9,14H2,1H3,(H,15,17). The molecule has 0 saturated carbocycles. The van der Waals surface area contributed by atoms with Gasteiger partial charge in [0.1, 0.15) is 7.85 Å². The van der Waals surface area contributed by atoms with E-state index in [2.05, 4.69) is 5.32 Å². The number of carbonyl (C=O) groups is 3. The van der Waals surface area contributed by atoms with Gasteiger partial charge in [-0.25, -0.2) is 0 Å². The van der Waals surface area contributed by atoms with Crippen LogP contribution in [0.4, 0.5) is 0 Å². The van der Waals surface area contributed by atoms with Crippen LogP contribution in [0.5, 0.6) is 0 Å². The summed E-state index contributed by atoms with van der Waals surface area (Å²) < 4.78 is 0. The third kappa shape index (κ3) is 5.05. The van der Waals surface area contributed by atoms with Gasteiger partial charge in [-0.1, -0.05) is 13.3 Å². The van der Waals surface area contributed by atoms with Crippen LogP contribution in [0.2, 0.25) is 5.82 Å². The van der Waals surface area contributed by atoms with Crippen molar-refractivity contribution in [1.29, 1.82) is 0 Å². The van der Waals surface area contributed by atoms with Gasteiger partial charge in [-0.05, 0) is 19.3 Å². The molecule has 1 N–H and O–H groups in total. The molecule has 1 unspecified atom stereocenters. The number of nitrogens with one attached hydrogen (secondary N) is 1. The first-order valence-corrected chi connectivity index (χ1v) is 7.17. The average Bonchev–Trinajstić information content (AvgIpc) is 2.62. The highest BCUT2D eigenvalue weighted by Crippen LogP contribution is 2.21. The molecule has 3 amide bonds. The lowest BCUT2D eigenvalue weighted by Gasteiger charge is -2.13. The lowest BCUT2D eigenvalue weighted by atomic mass is 9.86. The van der Waals surface area contributed by atoms with Crippen molar-refractivity contribution in [3.8, 4) is 0 Å². The van der Waals surface area contributed by atoms with Gasteiger partial charge in [-0.2, -0.15) is 0 Å². The zero-order chi connectivity index (χ0) is 14.3. The number of nitrogens with zero attached hydrogens (tertiary/aromatic N) is 1. The van der Waals surface area contributed by atoms with E-state index >= 15 is 0 Å². The largest absolute Gasteiger partial charge is 0.356 e. The normalized spacial score (nSPS) is 19.0. The van der Waals surface area contributed by atoms with E-state index in [9.17, 15) is 14.4 Å². The fourth-order valence-electron chi connectivity index (χ4n) is 2.17. The molecule has 1 heterocycles. The molecule has 0 aromatic heterocycles. The summed E-state index contributed by atoms with van der Waals surface area (Å²) in [6.45, 7) is 3.25. The fraction of sp³-hybridized carbons (Fsp3) is 0.769. The van der Waals surface area contributed by atoms with Crippen LogP contribution in [0.3, 0.4) is 0 Å². The van der Waals surface area contributed by atoms with Crippen LogP contribution in [0.25, 0.3) is 0 Å². The third-order valence-electron chi connectivity index (χ3n) is 3.33. The van der Waals surface area contributed by atoms with Gasteiger partial charge in [-0.3, -0.25) is 19.3 Å². The van der Waals surface area contributed by atoms with Gasteiger partial charge in [-0.15, -0.1) is 0 Å². The molecule has 1 aliphatic rings. The van der Waals surface area contributed by atoms with E-state index in [4.69, 9.17) is 0 Å². The lowest BCUT2D eigenvalue weighted by molar-refractivity contribution is -0.138. The van der Waals surface area contributed by atoms with Crippen molar-refractivity contribution in [1.82, 2.24) is 10.2 Å². The Kier molecular flexibility index (Phi) is 6.60. The van der Waals surface area contributed by atoms with Gasteiger partial charge in [0.05, 0.1) is 0 Å². The van der Waals surface area contributed by atoms with Crippen molar-refractivity contribution in [3.05, 3.63) is 0 Å². The Morgan fingerprint density at radius 3 is 2.68 bits per heavy atom. The molecule has 0 radical (unpaired) electrons. The second-order valence-corrected chi connectivity index (χ2v) is 5.15. The van der Waals surface area contributed by atoms with E-state index in [-0.39, 0.29) is 23.5 Å². The fourth-order valence-corrected chi connectivity index (χ4v) is 2.17. The van der Waals surface area contributed by atoms with Crippen LogP contribution in [-0.4, -0.2) is 43.6 Å². The Morgan fingerprint density at radius 2 is 2.11 bits per heavy atom. The maximum atomic E-state index is 11.6. The van der Waals surface area contributed by atoms with E-state index in [0.717, 1.165) is 32.2 Å². The molecule has 6 heteroatoms. The molecular formula is C13H23BN2O3. The zero-order valence-corrected chi connectivity index (χ0v) is 11.9. The van der Waals surface area contributed by atoms with Gasteiger partial charge < -0.3 is 5.32 Å². The topological polar surface area (TPSA) is 66.5 Å². The monoisotopic (exact) mass is 266 g/mol. The molecule has 1 aliphatic heterocycles. The Hall–Kier alpha value is -1.33. The van der Waals surface area contributed by atoms with Crippen molar-refractivity contribution in [2.24, 2.45) is 0 Å². The van der Waals surface area contributed by atoms with Gasteiger partial charge in [0.15, 0.2) is 0 Å². The summed E-state index contributed by atoms with van der Waals surface area (Å²) in [5.74, 6) is -0.181. The van der Waals surface area contributed by atoms with Crippen molar-refractivity contribution < 1.29 is 14.4 Å². The Labute approximate surface area is 115 Å². The number of carbonyl (C=O) groups excluding carboxylic acids is 3. The molecular weight excluding hydrogens is 243 g/mol. The molecule has 1 saturated heterocycles. The minimum absolute atomic E-state index is 0.0503. The first kappa shape index (κ1) is 15.7. The van der Waals surface area contributed by atoms with Crippen LogP contribution in [0.15, 0.2) is 0 Å². The Bertz CT molecular complexity index is 347. The highest BCUT2D eigenvalue weighted by molar-refractivity contribution is 6.29. The van der Waals surface area contributed by atoms with E-state index in [1.165, 1.54) is 4.90 Å². The van der Waals surface area contributed by atoms with Crippen LogP contribution in [0.1, 0.15) is 45.4 Å². The van der Waals surface area contributed by atoms with Gasteiger partial charge in [0.25, 0.3) is 0 Å². The lowest BCUT2D eigenvalue weighted by Crippen LogP contribution is -2.30. The summed E-state index contributed by atoms with van der Waals surface area (Å²) in [6, 6.07) is 0. The van der Waals surface area contributed by atoms with Crippen molar-refractivity contribution in [2.75, 3.05) is 13.1 Å². The van der Waals surface area contributed by atoms with Crippen LogP contribution in [0, 0.1) is 0 Å². The second-order valence-electron chi connectivity index (χ2n) is 5.15.